The average Bonchev–Trinajstić information content (AvgIpc) is 3.29. The number of allylic oxidation sites excluding steroid dienone is 1. The molecule has 2 aromatic carbocycles. The van der Waals surface area contributed by atoms with Gasteiger partial charge in [0.25, 0.3) is 5.91 Å². The Hall–Kier alpha value is -3.76. The molecule has 0 spiro atoms. The molecule has 1 aliphatic rings. The molecule has 1 saturated heterocycles. The molecule has 0 saturated carbocycles. The van der Waals surface area contributed by atoms with Crippen LogP contribution in [0.2, 0.25) is 0 Å². The molecule has 1 heterocycles. The van der Waals surface area contributed by atoms with Crippen molar-refractivity contribution in [2.24, 2.45) is 15.9 Å². The molecule has 1 fully saturated rings. The van der Waals surface area contributed by atoms with Crippen LogP contribution in [-0.2, 0) is 4.74 Å². The highest BCUT2D eigenvalue weighted by molar-refractivity contribution is 5.98. The predicted octanol–water partition coefficient (Wildman–Crippen LogP) is 4.13. The van der Waals surface area contributed by atoms with Gasteiger partial charge in [0.1, 0.15) is 0 Å². The maximum atomic E-state index is 13.5. The van der Waals surface area contributed by atoms with Gasteiger partial charge in [-0.1, -0.05) is 30.4 Å². The Labute approximate surface area is 194 Å². The highest BCUT2D eigenvalue weighted by Gasteiger charge is 2.28. The van der Waals surface area contributed by atoms with Crippen molar-refractivity contribution in [1.29, 1.82) is 5.26 Å². The van der Waals surface area contributed by atoms with Crippen LogP contribution in [0.15, 0.2) is 64.8 Å². The van der Waals surface area contributed by atoms with E-state index in [0.29, 0.717) is 29.1 Å². The van der Waals surface area contributed by atoms with Gasteiger partial charge >= 0.3 is 0 Å². The number of likely N-dealkylation sites (tertiary alicyclic amines) is 1. The first-order valence-corrected chi connectivity index (χ1v) is 11.0. The topological polar surface area (TPSA) is 104 Å². The normalized spacial score (nSPS) is 17.5. The third kappa shape index (κ3) is 5.73. The molecular formula is C26H29N5O2. The van der Waals surface area contributed by atoms with Crippen LogP contribution in [0.5, 0.6) is 0 Å². The Morgan fingerprint density at radius 1 is 1.33 bits per heavy atom. The molecule has 0 aliphatic carbocycles. The van der Waals surface area contributed by atoms with Crippen LogP contribution in [0.4, 0.5) is 0 Å². The minimum Gasteiger partial charge on any atom is -0.482 e. The number of amides is 1. The Morgan fingerprint density at radius 2 is 2.12 bits per heavy atom. The van der Waals surface area contributed by atoms with Crippen LogP contribution < -0.4 is 5.73 Å². The zero-order chi connectivity index (χ0) is 23.8. The van der Waals surface area contributed by atoms with E-state index in [1.54, 1.807) is 25.3 Å². The van der Waals surface area contributed by atoms with Gasteiger partial charge in [0.05, 0.1) is 37.0 Å². The van der Waals surface area contributed by atoms with Crippen LogP contribution in [0.3, 0.4) is 0 Å². The van der Waals surface area contributed by atoms with E-state index >= 15 is 0 Å². The number of benzene rings is 2. The second kappa shape index (κ2) is 11.2. The molecule has 1 amide bonds. The van der Waals surface area contributed by atoms with Gasteiger partial charge in [-0.25, -0.2) is 0 Å². The number of methoxy groups -OCH3 is 1. The van der Waals surface area contributed by atoms with Crippen LogP contribution >= 0.6 is 0 Å². The number of nitrogens with zero attached hydrogens (tertiary/aromatic N) is 4. The maximum absolute atomic E-state index is 13.5. The van der Waals surface area contributed by atoms with E-state index < -0.39 is 6.04 Å². The first-order chi connectivity index (χ1) is 16.0. The number of rotatable bonds is 6. The van der Waals surface area contributed by atoms with Crippen molar-refractivity contribution in [3.05, 3.63) is 71.3 Å². The van der Waals surface area contributed by atoms with Gasteiger partial charge in [-0.05, 0) is 67.6 Å². The quantitative estimate of drug-likeness (QED) is 0.314. The summed E-state index contributed by atoms with van der Waals surface area (Å²) in [5.74, 6) is 0.262. The molecule has 170 valence electrons. The van der Waals surface area contributed by atoms with Crippen LogP contribution in [0.25, 0.3) is 11.1 Å². The number of nitriles is 1. The Balaban J connectivity index is 2.06. The fraction of sp³-hybridized carbons (Fsp3) is 0.308. The molecule has 7 nitrogen and oxygen atoms in total. The summed E-state index contributed by atoms with van der Waals surface area (Å²) in [6.45, 7) is 4.43. The lowest BCUT2D eigenvalue weighted by Crippen LogP contribution is -2.34. The van der Waals surface area contributed by atoms with Crippen molar-refractivity contribution in [3.8, 4) is 17.2 Å². The number of carbonyl (C=O) groups is 1. The standard InChI is InChI=1S/C26H29N5O2/c1-4-8-23-10-7-12-31(23)26(32)22-14-19(17-29-30-25(33-3)18(2)28)13-21(15-22)24-11-6-5-9-20(24)16-27/h4-6,8-9,11,13-15,17-18,23H,7,10,12,28H2,1-3H3/b8-4-,29-17+,30-25-. The summed E-state index contributed by atoms with van der Waals surface area (Å²) in [5.41, 5.74) is 9.11. The number of ether oxygens (including phenoxy) is 1. The molecule has 0 aromatic heterocycles. The lowest BCUT2D eigenvalue weighted by atomic mass is 9.96. The van der Waals surface area contributed by atoms with E-state index in [1.807, 2.05) is 48.2 Å². The van der Waals surface area contributed by atoms with Gasteiger partial charge < -0.3 is 15.4 Å². The molecule has 1 aliphatic heterocycles. The Morgan fingerprint density at radius 3 is 2.82 bits per heavy atom. The van der Waals surface area contributed by atoms with Crippen LogP contribution in [0, 0.1) is 11.3 Å². The van der Waals surface area contributed by atoms with Gasteiger partial charge in [-0.3, -0.25) is 4.79 Å². The van der Waals surface area contributed by atoms with Crippen molar-refractivity contribution in [3.63, 3.8) is 0 Å². The molecule has 2 unspecified atom stereocenters. The highest BCUT2D eigenvalue weighted by Crippen LogP contribution is 2.28. The van der Waals surface area contributed by atoms with Crippen molar-refractivity contribution in [2.75, 3.05) is 13.7 Å². The zero-order valence-electron chi connectivity index (χ0n) is 19.2. The SMILES string of the molecule is C/C=C\C1CCCN1C(=O)c1cc(/C=N/N=C(\OC)C(C)N)cc(-c2ccccc2C#N)c1. The third-order valence-electron chi connectivity index (χ3n) is 5.50. The van der Waals surface area contributed by atoms with E-state index in [1.165, 1.54) is 7.11 Å². The second-order valence-electron chi connectivity index (χ2n) is 7.91. The summed E-state index contributed by atoms with van der Waals surface area (Å²) in [4.78, 5) is 15.4. The van der Waals surface area contributed by atoms with E-state index in [-0.39, 0.29) is 11.9 Å². The molecule has 0 radical (unpaired) electrons. The number of nitrogens with two attached hydrogens (primary N) is 1. The number of carbonyl (C=O) groups excluding carboxylic acids is 1. The fourth-order valence-electron chi connectivity index (χ4n) is 3.94. The van der Waals surface area contributed by atoms with E-state index in [2.05, 4.69) is 22.3 Å². The second-order valence-corrected chi connectivity index (χ2v) is 7.91. The summed E-state index contributed by atoms with van der Waals surface area (Å²) in [6.07, 6.45) is 7.53. The molecule has 0 bridgehead atoms. The fourth-order valence-corrected chi connectivity index (χ4v) is 3.94. The molecule has 2 N–H and O–H groups in total. The monoisotopic (exact) mass is 443 g/mol. The van der Waals surface area contributed by atoms with Gasteiger partial charge in [0, 0.05) is 12.1 Å². The summed E-state index contributed by atoms with van der Waals surface area (Å²) in [7, 11) is 1.49. The van der Waals surface area contributed by atoms with Gasteiger partial charge in [-0.15, -0.1) is 5.10 Å². The number of hydrogen-bond acceptors (Lipinski definition) is 6. The third-order valence-corrected chi connectivity index (χ3v) is 5.50. The molecule has 2 aromatic rings. The van der Waals surface area contributed by atoms with Crippen molar-refractivity contribution in [2.45, 2.75) is 38.8 Å². The number of hydrogen-bond donors (Lipinski definition) is 1. The zero-order valence-corrected chi connectivity index (χ0v) is 19.2. The smallest absolute Gasteiger partial charge is 0.254 e. The van der Waals surface area contributed by atoms with E-state index in [9.17, 15) is 10.1 Å². The minimum absolute atomic E-state index is 0.0433. The van der Waals surface area contributed by atoms with E-state index in [0.717, 1.165) is 24.0 Å². The summed E-state index contributed by atoms with van der Waals surface area (Å²) in [5, 5.41) is 17.7. The predicted molar refractivity (Wildman–Crippen MR) is 131 cm³/mol. The average molecular weight is 444 g/mol. The summed E-state index contributed by atoms with van der Waals surface area (Å²) >= 11 is 0. The van der Waals surface area contributed by atoms with E-state index in [4.69, 9.17) is 10.5 Å². The van der Waals surface area contributed by atoms with Crippen molar-refractivity contribution in [1.82, 2.24) is 4.90 Å². The van der Waals surface area contributed by atoms with Gasteiger partial charge in [0.15, 0.2) is 0 Å². The Kier molecular flexibility index (Phi) is 8.11. The molecular weight excluding hydrogens is 414 g/mol. The first-order valence-electron chi connectivity index (χ1n) is 11.0. The summed E-state index contributed by atoms with van der Waals surface area (Å²) in [6, 6.07) is 14.8. The minimum atomic E-state index is -0.392. The van der Waals surface area contributed by atoms with Crippen LogP contribution in [-0.4, -0.2) is 48.7 Å². The van der Waals surface area contributed by atoms with Gasteiger partial charge in [-0.2, -0.15) is 10.4 Å². The lowest BCUT2D eigenvalue weighted by molar-refractivity contribution is 0.0761. The van der Waals surface area contributed by atoms with Crippen molar-refractivity contribution < 1.29 is 9.53 Å². The molecule has 2 atom stereocenters. The Bertz CT molecular complexity index is 1130. The first kappa shape index (κ1) is 23.9. The maximum Gasteiger partial charge on any atom is 0.254 e. The van der Waals surface area contributed by atoms with Crippen molar-refractivity contribution >= 4 is 18.0 Å². The molecule has 3 rings (SSSR count). The highest BCUT2D eigenvalue weighted by atomic mass is 16.5. The molecule has 7 heteroatoms. The summed E-state index contributed by atoms with van der Waals surface area (Å²) < 4.78 is 5.15. The van der Waals surface area contributed by atoms with Crippen LogP contribution in [0.1, 0.15) is 48.2 Å². The largest absolute Gasteiger partial charge is 0.482 e. The lowest BCUT2D eigenvalue weighted by Gasteiger charge is -2.23. The van der Waals surface area contributed by atoms with Gasteiger partial charge in [0.2, 0.25) is 5.90 Å². The molecule has 33 heavy (non-hydrogen) atoms.